The molecular formula is C56H30. The van der Waals surface area contributed by atoms with Gasteiger partial charge in [-0.15, -0.1) is 0 Å². The van der Waals surface area contributed by atoms with Crippen LogP contribution >= 0.6 is 0 Å². The van der Waals surface area contributed by atoms with Crippen molar-refractivity contribution in [1.82, 2.24) is 0 Å². The Balaban J connectivity index is 1.31. The van der Waals surface area contributed by atoms with Crippen molar-refractivity contribution in [1.29, 1.82) is 0 Å². The summed E-state index contributed by atoms with van der Waals surface area (Å²) in [7, 11) is 0. The molecule has 0 fully saturated rings. The fourth-order valence-electron chi connectivity index (χ4n) is 11.2. The third-order valence-electron chi connectivity index (χ3n) is 13.2. The van der Waals surface area contributed by atoms with Gasteiger partial charge in [-0.05, 0) is 153 Å². The van der Waals surface area contributed by atoms with E-state index in [9.17, 15) is 0 Å². The molecule has 0 nitrogen and oxygen atoms in total. The normalized spacial score (nSPS) is 12.6. The fraction of sp³-hybridized carbons (Fsp3) is 0. The minimum absolute atomic E-state index is 1.27. The van der Waals surface area contributed by atoms with Gasteiger partial charge in [0.1, 0.15) is 0 Å². The molecule has 0 aliphatic carbocycles. The van der Waals surface area contributed by atoms with Crippen LogP contribution in [0.4, 0.5) is 0 Å². The lowest BCUT2D eigenvalue weighted by atomic mass is 9.78. The number of hydrogen-bond donors (Lipinski definition) is 0. The minimum atomic E-state index is 1.27. The smallest absolute Gasteiger partial charge is 0.000718 e. The van der Waals surface area contributed by atoms with E-state index in [0.29, 0.717) is 0 Å². The highest BCUT2D eigenvalue weighted by Crippen LogP contribution is 2.54. The van der Waals surface area contributed by atoms with Gasteiger partial charge in [0.15, 0.2) is 0 Å². The van der Waals surface area contributed by atoms with Crippen molar-refractivity contribution in [2.24, 2.45) is 0 Å². The maximum atomic E-state index is 2.41. The fourth-order valence-corrected chi connectivity index (χ4v) is 11.2. The molecule has 0 aliphatic rings. The zero-order chi connectivity index (χ0) is 36.2. The van der Waals surface area contributed by atoms with Gasteiger partial charge in [0, 0.05) is 0 Å². The van der Waals surface area contributed by atoms with Crippen LogP contribution in [0.2, 0.25) is 0 Å². The predicted molar refractivity (Wildman–Crippen MR) is 244 cm³/mol. The standard InChI is InChI=1S/C56H30/c1-4-17-35-31(13-1)29-32-14-2-5-18-36(32)48(35)49-39-20-7-8-21-43(39)54-50-41(24-10-26-44(49)50)42-25-12-27-45-52(42)56(54)46-28-11-23-40-38-22-9-16-34-30-33-15-3-6-19-37(33)53(47(34)38)55(45)51(40)46/h1-30H. The van der Waals surface area contributed by atoms with Crippen LogP contribution in [0.15, 0.2) is 182 Å². The van der Waals surface area contributed by atoms with Crippen LogP contribution in [-0.4, -0.2) is 0 Å². The van der Waals surface area contributed by atoms with Crippen molar-refractivity contribution in [3.05, 3.63) is 182 Å². The molecule has 56 heavy (non-hydrogen) atoms. The minimum Gasteiger partial charge on any atom is -0.0616 e. The summed E-state index contributed by atoms with van der Waals surface area (Å²) in [6, 6.07) is 68.9. The molecular weight excluding hydrogens is 673 g/mol. The zero-order valence-corrected chi connectivity index (χ0v) is 30.3. The third-order valence-corrected chi connectivity index (χ3v) is 13.2. The van der Waals surface area contributed by atoms with Crippen LogP contribution in [0.1, 0.15) is 0 Å². The summed E-state index contributed by atoms with van der Waals surface area (Å²) in [5.41, 5.74) is 2.63. The molecule has 0 heteroatoms. The molecule has 14 rings (SSSR count). The van der Waals surface area contributed by atoms with Crippen LogP contribution in [0, 0.1) is 0 Å². The van der Waals surface area contributed by atoms with E-state index in [-0.39, 0.29) is 0 Å². The van der Waals surface area contributed by atoms with Crippen LogP contribution < -0.4 is 0 Å². The number of benzene rings is 14. The Labute approximate surface area is 321 Å². The summed E-state index contributed by atoms with van der Waals surface area (Å²) in [6.07, 6.45) is 0. The summed E-state index contributed by atoms with van der Waals surface area (Å²) in [6.45, 7) is 0. The highest BCUT2D eigenvalue weighted by molar-refractivity contribution is 6.51. The lowest BCUT2D eigenvalue weighted by Gasteiger charge is -2.24. The lowest BCUT2D eigenvalue weighted by Crippen LogP contribution is -1.96. The monoisotopic (exact) mass is 702 g/mol. The van der Waals surface area contributed by atoms with E-state index in [1.807, 2.05) is 0 Å². The quantitative estimate of drug-likeness (QED) is 0.118. The molecule has 0 atom stereocenters. The van der Waals surface area contributed by atoms with Crippen LogP contribution in [0.3, 0.4) is 0 Å². The molecule has 254 valence electrons. The van der Waals surface area contributed by atoms with Gasteiger partial charge in [-0.2, -0.15) is 0 Å². The van der Waals surface area contributed by atoms with E-state index in [0.717, 1.165) is 0 Å². The largest absolute Gasteiger partial charge is 0.0616 e. The second kappa shape index (κ2) is 10.3. The average Bonchev–Trinajstić information content (AvgIpc) is 3.26. The number of rotatable bonds is 1. The maximum absolute atomic E-state index is 2.41. The van der Waals surface area contributed by atoms with Crippen molar-refractivity contribution in [2.45, 2.75) is 0 Å². The Kier molecular flexibility index (Phi) is 5.34. The molecule has 0 aromatic heterocycles. The highest BCUT2D eigenvalue weighted by atomic mass is 14.3. The summed E-state index contributed by atoms with van der Waals surface area (Å²) in [4.78, 5) is 0. The summed E-state index contributed by atoms with van der Waals surface area (Å²) >= 11 is 0. The first-order valence-electron chi connectivity index (χ1n) is 19.7. The molecule has 0 amide bonds. The van der Waals surface area contributed by atoms with Crippen molar-refractivity contribution >= 4 is 129 Å². The third kappa shape index (κ3) is 3.43. The molecule has 0 aliphatic heterocycles. The van der Waals surface area contributed by atoms with Gasteiger partial charge in [-0.1, -0.05) is 170 Å². The van der Waals surface area contributed by atoms with Gasteiger partial charge >= 0.3 is 0 Å². The number of fused-ring (bicyclic) bond motifs is 12. The Hall–Kier alpha value is -7.28. The molecule has 0 spiro atoms. The van der Waals surface area contributed by atoms with Gasteiger partial charge in [0.2, 0.25) is 0 Å². The number of hydrogen-bond acceptors (Lipinski definition) is 0. The Bertz CT molecular complexity index is 3980. The van der Waals surface area contributed by atoms with Gasteiger partial charge in [-0.3, -0.25) is 0 Å². The van der Waals surface area contributed by atoms with Gasteiger partial charge in [0.05, 0.1) is 0 Å². The SMILES string of the molecule is c1ccc2c(-c3c4ccccc4c4c5c3cccc5c3cccc5c3c4c3cccc4c6cccc7cc8ccccc8c(c76)c5c43)c3ccccc3cc2c1. The maximum Gasteiger partial charge on any atom is -0.000718 e. The lowest BCUT2D eigenvalue weighted by molar-refractivity contribution is 1.74. The summed E-state index contributed by atoms with van der Waals surface area (Å²) < 4.78 is 0. The first kappa shape index (κ1) is 29.1. The Morgan fingerprint density at radius 1 is 0.161 bits per heavy atom. The Morgan fingerprint density at radius 2 is 0.464 bits per heavy atom. The molecule has 14 aromatic carbocycles. The molecule has 0 radical (unpaired) electrons. The second-order valence-electron chi connectivity index (χ2n) is 15.8. The summed E-state index contributed by atoms with van der Waals surface area (Å²) in [5, 5.41) is 31.8. The van der Waals surface area contributed by atoms with Crippen molar-refractivity contribution in [2.75, 3.05) is 0 Å². The highest BCUT2D eigenvalue weighted by Gasteiger charge is 2.26. The summed E-state index contributed by atoms with van der Waals surface area (Å²) in [5.74, 6) is 0. The molecule has 0 saturated heterocycles. The molecule has 0 bridgehead atoms. The molecule has 0 unspecified atom stereocenters. The van der Waals surface area contributed by atoms with Crippen LogP contribution in [0.5, 0.6) is 0 Å². The molecule has 14 aromatic rings. The van der Waals surface area contributed by atoms with E-state index in [4.69, 9.17) is 0 Å². The van der Waals surface area contributed by atoms with E-state index < -0.39 is 0 Å². The molecule has 0 saturated carbocycles. The first-order valence-corrected chi connectivity index (χ1v) is 19.7. The van der Waals surface area contributed by atoms with Gasteiger partial charge < -0.3 is 0 Å². The van der Waals surface area contributed by atoms with E-state index >= 15 is 0 Å². The van der Waals surface area contributed by atoms with E-state index in [2.05, 4.69) is 182 Å². The molecule has 0 heterocycles. The Morgan fingerprint density at radius 3 is 1.07 bits per heavy atom. The van der Waals surface area contributed by atoms with E-state index in [1.165, 1.54) is 140 Å². The van der Waals surface area contributed by atoms with Gasteiger partial charge in [0.25, 0.3) is 0 Å². The second-order valence-corrected chi connectivity index (χ2v) is 15.8. The molecule has 0 N–H and O–H groups in total. The predicted octanol–water partition coefficient (Wildman–Crippen LogP) is 16.1. The zero-order valence-electron chi connectivity index (χ0n) is 30.3. The topological polar surface area (TPSA) is 0 Å². The average molecular weight is 703 g/mol. The van der Waals surface area contributed by atoms with Crippen molar-refractivity contribution in [3.8, 4) is 11.1 Å². The van der Waals surface area contributed by atoms with Crippen LogP contribution in [-0.2, 0) is 0 Å². The van der Waals surface area contributed by atoms with Gasteiger partial charge in [-0.25, -0.2) is 0 Å². The van der Waals surface area contributed by atoms with Crippen molar-refractivity contribution in [3.63, 3.8) is 0 Å². The van der Waals surface area contributed by atoms with Crippen LogP contribution in [0.25, 0.3) is 140 Å². The van der Waals surface area contributed by atoms with Crippen molar-refractivity contribution < 1.29 is 0 Å². The van der Waals surface area contributed by atoms with E-state index in [1.54, 1.807) is 0 Å². The first-order chi connectivity index (χ1) is 27.8.